The van der Waals surface area contributed by atoms with Crippen LogP contribution in [0.3, 0.4) is 0 Å². The molecule has 0 radical (unpaired) electrons. The molecule has 0 unspecified atom stereocenters. The molecule has 0 heterocycles. The molecule has 0 saturated carbocycles. The quantitative estimate of drug-likeness (QED) is 0.705. The average Bonchev–Trinajstić information content (AvgIpc) is 2.26. The molecular weight excluding hydrogens is 206 g/mol. The van der Waals surface area contributed by atoms with Gasteiger partial charge in [0.25, 0.3) is 0 Å². The Morgan fingerprint density at radius 3 is 2.88 bits per heavy atom. The highest BCUT2D eigenvalue weighted by Crippen LogP contribution is 2.17. The van der Waals surface area contributed by atoms with Gasteiger partial charge in [0.05, 0.1) is 6.10 Å². The van der Waals surface area contributed by atoms with Crippen molar-refractivity contribution in [3.05, 3.63) is 29.8 Å². The predicted octanol–water partition coefficient (Wildman–Crippen LogP) is 1.34. The summed E-state index contributed by atoms with van der Waals surface area (Å²) in [6.45, 7) is 2.09. The van der Waals surface area contributed by atoms with Gasteiger partial charge in [-0.1, -0.05) is 19.1 Å². The molecule has 1 atom stereocenters. The van der Waals surface area contributed by atoms with Crippen molar-refractivity contribution in [3.8, 4) is 5.75 Å². The first-order valence-electron chi connectivity index (χ1n) is 5.37. The number of carbonyl (C=O) groups excluding carboxylic acids is 1. The molecule has 4 heteroatoms. The number of benzene rings is 1. The summed E-state index contributed by atoms with van der Waals surface area (Å²) in [6.07, 6.45) is 0.466. The Bertz CT molecular complexity index is 352. The van der Waals surface area contributed by atoms with Crippen LogP contribution in [0.5, 0.6) is 5.75 Å². The minimum atomic E-state index is -0.784. The first-order chi connectivity index (χ1) is 7.63. The summed E-state index contributed by atoms with van der Waals surface area (Å²) in [7, 11) is 0. The molecule has 4 nitrogen and oxygen atoms in total. The van der Waals surface area contributed by atoms with Gasteiger partial charge in [-0.05, 0) is 24.1 Å². The van der Waals surface area contributed by atoms with E-state index in [0.29, 0.717) is 12.0 Å². The van der Waals surface area contributed by atoms with Gasteiger partial charge in [0.2, 0.25) is 5.91 Å². The SMILES string of the molecule is CCCC(=O)NC[C@@H](O)c1cccc(O)c1. The maximum Gasteiger partial charge on any atom is 0.220 e. The Hall–Kier alpha value is -1.55. The third kappa shape index (κ3) is 3.90. The molecule has 1 amide bonds. The minimum Gasteiger partial charge on any atom is -0.508 e. The molecule has 0 bridgehead atoms. The van der Waals surface area contributed by atoms with Crippen LogP contribution in [0, 0.1) is 0 Å². The fourth-order valence-corrected chi connectivity index (χ4v) is 1.38. The normalized spacial score (nSPS) is 12.1. The fraction of sp³-hybridized carbons (Fsp3) is 0.417. The van der Waals surface area contributed by atoms with Gasteiger partial charge in [-0.15, -0.1) is 0 Å². The van der Waals surface area contributed by atoms with Gasteiger partial charge < -0.3 is 15.5 Å². The highest BCUT2D eigenvalue weighted by molar-refractivity contribution is 5.75. The fourth-order valence-electron chi connectivity index (χ4n) is 1.38. The molecule has 0 fully saturated rings. The van der Waals surface area contributed by atoms with Gasteiger partial charge in [-0.2, -0.15) is 0 Å². The number of aromatic hydroxyl groups is 1. The van der Waals surface area contributed by atoms with E-state index >= 15 is 0 Å². The van der Waals surface area contributed by atoms with E-state index in [1.54, 1.807) is 12.1 Å². The van der Waals surface area contributed by atoms with Crippen molar-refractivity contribution in [1.82, 2.24) is 5.32 Å². The van der Waals surface area contributed by atoms with Crippen LogP contribution in [-0.2, 0) is 4.79 Å². The number of amides is 1. The number of aliphatic hydroxyl groups is 1. The summed E-state index contributed by atoms with van der Waals surface area (Å²) < 4.78 is 0. The van der Waals surface area contributed by atoms with Gasteiger partial charge in [0, 0.05) is 13.0 Å². The van der Waals surface area contributed by atoms with E-state index < -0.39 is 6.10 Å². The maximum atomic E-state index is 11.2. The number of aliphatic hydroxyl groups excluding tert-OH is 1. The van der Waals surface area contributed by atoms with Crippen LogP contribution >= 0.6 is 0 Å². The molecule has 3 N–H and O–H groups in total. The van der Waals surface area contributed by atoms with Gasteiger partial charge >= 0.3 is 0 Å². The van der Waals surface area contributed by atoms with Gasteiger partial charge in [0.1, 0.15) is 5.75 Å². The van der Waals surface area contributed by atoms with Crippen LogP contribution in [0.1, 0.15) is 31.4 Å². The summed E-state index contributed by atoms with van der Waals surface area (Å²) in [6, 6.07) is 6.38. The topological polar surface area (TPSA) is 69.6 Å². The second-order valence-corrected chi connectivity index (χ2v) is 3.66. The van der Waals surface area contributed by atoms with Crippen molar-refractivity contribution >= 4 is 5.91 Å². The molecule has 1 rings (SSSR count). The van der Waals surface area contributed by atoms with Gasteiger partial charge in [-0.25, -0.2) is 0 Å². The Labute approximate surface area is 94.9 Å². The molecule has 0 saturated heterocycles. The number of rotatable bonds is 5. The number of carbonyl (C=O) groups is 1. The summed E-state index contributed by atoms with van der Waals surface area (Å²) in [5.74, 6) is 0.0399. The standard InChI is InChI=1S/C12H17NO3/c1-2-4-12(16)13-8-11(15)9-5-3-6-10(14)7-9/h3,5-7,11,14-15H,2,4,8H2,1H3,(H,13,16)/t11-/m1/s1. The molecule has 0 aliphatic heterocycles. The Morgan fingerprint density at radius 1 is 1.50 bits per heavy atom. The Morgan fingerprint density at radius 2 is 2.25 bits per heavy atom. The predicted molar refractivity (Wildman–Crippen MR) is 61.0 cm³/mol. The van der Waals surface area contributed by atoms with Crippen LogP contribution in [0.15, 0.2) is 24.3 Å². The van der Waals surface area contributed by atoms with Crippen molar-refractivity contribution < 1.29 is 15.0 Å². The van der Waals surface area contributed by atoms with Gasteiger partial charge in [-0.3, -0.25) is 4.79 Å². The lowest BCUT2D eigenvalue weighted by atomic mass is 10.1. The number of hydrogen-bond acceptors (Lipinski definition) is 3. The van der Waals surface area contributed by atoms with Crippen LogP contribution in [0.4, 0.5) is 0 Å². The molecule has 1 aromatic rings. The first kappa shape index (κ1) is 12.5. The van der Waals surface area contributed by atoms with Crippen LogP contribution in [-0.4, -0.2) is 22.7 Å². The summed E-state index contributed by atoms with van der Waals surface area (Å²) in [5, 5.41) is 21.6. The average molecular weight is 223 g/mol. The molecule has 88 valence electrons. The highest BCUT2D eigenvalue weighted by atomic mass is 16.3. The zero-order chi connectivity index (χ0) is 12.0. The Balaban J connectivity index is 2.46. The lowest BCUT2D eigenvalue weighted by molar-refractivity contribution is -0.121. The zero-order valence-electron chi connectivity index (χ0n) is 9.31. The lowest BCUT2D eigenvalue weighted by Crippen LogP contribution is -2.27. The molecule has 0 aliphatic rings. The molecule has 0 spiro atoms. The third-order valence-electron chi connectivity index (χ3n) is 2.22. The van der Waals surface area contributed by atoms with E-state index in [-0.39, 0.29) is 18.2 Å². The van der Waals surface area contributed by atoms with E-state index in [1.165, 1.54) is 12.1 Å². The summed E-state index contributed by atoms with van der Waals surface area (Å²) in [4.78, 5) is 11.2. The lowest BCUT2D eigenvalue weighted by Gasteiger charge is -2.12. The van der Waals surface area contributed by atoms with Crippen molar-refractivity contribution in [2.24, 2.45) is 0 Å². The highest BCUT2D eigenvalue weighted by Gasteiger charge is 2.09. The molecule has 0 aromatic heterocycles. The van der Waals surface area contributed by atoms with Crippen LogP contribution < -0.4 is 5.32 Å². The van der Waals surface area contributed by atoms with E-state index in [4.69, 9.17) is 0 Å². The summed E-state index contributed by atoms with van der Waals surface area (Å²) >= 11 is 0. The number of phenolic OH excluding ortho intramolecular Hbond substituents is 1. The van der Waals surface area contributed by atoms with Crippen molar-refractivity contribution in [2.75, 3.05) is 6.54 Å². The third-order valence-corrected chi connectivity index (χ3v) is 2.22. The van der Waals surface area contributed by atoms with E-state index in [0.717, 1.165) is 6.42 Å². The summed E-state index contributed by atoms with van der Waals surface area (Å²) in [5.41, 5.74) is 0.594. The smallest absolute Gasteiger partial charge is 0.220 e. The number of hydrogen-bond donors (Lipinski definition) is 3. The van der Waals surface area contributed by atoms with Crippen molar-refractivity contribution in [2.45, 2.75) is 25.9 Å². The number of phenols is 1. The monoisotopic (exact) mass is 223 g/mol. The molecule has 0 aliphatic carbocycles. The molecule has 1 aromatic carbocycles. The van der Waals surface area contributed by atoms with Crippen LogP contribution in [0.25, 0.3) is 0 Å². The van der Waals surface area contributed by atoms with E-state index in [9.17, 15) is 15.0 Å². The minimum absolute atomic E-state index is 0.0679. The van der Waals surface area contributed by atoms with E-state index in [2.05, 4.69) is 5.32 Å². The maximum absolute atomic E-state index is 11.2. The van der Waals surface area contributed by atoms with Crippen molar-refractivity contribution in [1.29, 1.82) is 0 Å². The second-order valence-electron chi connectivity index (χ2n) is 3.66. The Kier molecular flexibility index (Phi) is 4.79. The molecular formula is C12H17NO3. The van der Waals surface area contributed by atoms with E-state index in [1.807, 2.05) is 6.92 Å². The molecule has 16 heavy (non-hydrogen) atoms. The van der Waals surface area contributed by atoms with Crippen molar-refractivity contribution in [3.63, 3.8) is 0 Å². The number of nitrogens with one attached hydrogen (secondary N) is 1. The second kappa shape index (κ2) is 6.12. The van der Waals surface area contributed by atoms with Crippen LogP contribution in [0.2, 0.25) is 0 Å². The van der Waals surface area contributed by atoms with Gasteiger partial charge in [0.15, 0.2) is 0 Å². The first-order valence-corrected chi connectivity index (χ1v) is 5.37. The zero-order valence-corrected chi connectivity index (χ0v) is 9.31. The largest absolute Gasteiger partial charge is 0.508 e.